The van der Waals surface area contributed by atoms with Crippen molar-refractivity contribution in [2.45, 2.75) is 26.2 Å². The number of carbonyl (C=O) groups is 3. The highest BCUT2D eigenvalue weighted by atomic mass is 16.5. The van der Waals surface area contributed by atoms with E-state index in [0.29, 0.717) is 40.0 Å². The van der Waals surface area contributed by atoms with Crippen molar-refractivity contribution in [3.8, 4) is 11.5 Å². The van der Waals surface area contributed by atoms with Crippen LogP contribution in [0.1, 0.15) is 47.4 Å². The Hall–Kier alpha value is -5.19. The molecule has 4 aromatic rings. The van der Waals surface area contributed by atoms with E-state index in [1.807, 2.05) is 20.8 Å². The number of urea groups is 1. The second kappa shape index (κ2) is 10.8. The lowest BCUT2D eigenvalue weighted by molar-refractivity contribution is 0.0993. The molecule has 0 aliphatic rings. The van der Waals surface area contributed by atoms with Crippen molar-refractivity contribution in [2.24, 2.45) is 5.73 Å². The molecule has 0 radical (unpaired) electrons. The molecule has 0 fully saturated rings. The van der Waals surface area contributed by atoms with E-state index < -0.39 is 11.9 Å². The summed E-state index contributed by atoms with van der Waals surface area (Å²) in [6.45, 7) is 5.93. The van der Waals surface area contributed by atoms with Gasteiger partial charge < -0.3 is 25.6 Å². The lowest BCUT2D eigenvalue weighted by Crippen LogP contribution is -2.19. The van der Waals surface area contributed by atoms with Gasteiger partial charge in [-0.3, -0.25) is 19.9 Å². The van der Waals surface area contributed by atoms with Gasteiger partial charge in [0.1, 0.15) is 23.0 Å². The van der Waals surface area contributed by atoms with E-state index in [1.54, 1.807) is 60.7 Å². The molecule has 11 heteroatoms. The van der Waals surface area contributed by atoms with Gasteiger partial charge in [-0.15, -0.1) is 0 Å². The minimum atomic E-state index is -0.651. The standard InChI is InChI=1S/C27H26N6O5/c1-27(2,3)22-15-23(33-38-22)32-26(36)31-18-6-4-16(5-7-18)25(35)30-17-8-10-19(11-9-17)37-20-12-13-29-21(14-20)24(28)34/h4-15H,1-3H3,(H2,28,34)(H,30,35)(H2,31,32,33,36). The molecule has 2 aromatic carbocycles. The second-order valence-electron chi connectivity index (χ2n) is 9.30. The zero-order chi connectivity index (χ0) is 27.3. The van der Waals surface area contributed by atoms with Gasteiger partial charge in [-0.05, 0) is 54.6 Å². The molecule has 0 aliphatic carbocycles. The Morgan fingerprint density at radius 1 is 0.842 bits per heavy atom. The number of hydrogen-bond donors (Lipinski definition) is 4. The van der Waals surface area contributed by atoms with E-state index >= 15 is 0 Å². The fourth-order valence-corrected chi connectivity index (χ4v) is 3.23. The first-order chi connectivity index (χ1) is 18.1. The lowest BCUT2D eigenvalue weighted by Gasteiger charge is -2.12. The molecule has 5 N–H and O–H groups in total. The number of aromatic nitrogens is 2. The van der Waals surface area contributed by atoms with Crippen LogP contribution >= 0.6 is 0 Å². The maximum Gasteiger partial charge on any atom is 0.324 e. The number of nitrogens with two attached hydrogens (primary N) is 1. The topological polar surface area (TPSA) is 161 Å². The van der Waals surface area contributed by atoms with Crippen molar-refractivity contribution < 1.29 is 23.6 Å². The number of nitrogens with zero attached hydrogens (tertiary/aromatic N) is 2. The molecule has 2 aromatic heterocycles. The number of anilines is 3. The van der Waals surface area contributed by atoms with E-state index in [9.17, 15) is 14.4 Å². The molecule has 0 aliphatic heterocycles. The summed E-state index contributed by atoms with van der Waals surface area (Å²) in [5.41, 5.74) is 6.55. The lowest BCUT2D eigenvalue weighted by atomic mass is 9.93. The highest BCUT2D eigenvalue weighted by Crippen LogP contribution is 2.25. The van der Waals surface area contributed by atoms with E-state index in [4.69, 9.17) is 15.0 Å². The van der Waals surface area contributed by atoms with Crippen LogP contribution in [0.15, 0.2) is 77.4 Å². The zero-order valence-electron chi connectivity index (χ0n) is 20.9. The average molecular weight is 515 g/mol. The number of benzene rings is 2. The largest absolute Gasteiger partial charge is 0.457 e. The average Bonchev–Trinajstić information content (AvgIpc) is 3.35. The number of carbonyl (C=O) groups excluding carboxylic acids is 3. The van der Waals surface area contributed by atoms with Gasteiger partial charge in [0.05, 0.1) is 0 Å². The Morgan fingerprint density at radius 3 is 2.13 bits per heavy atom. The zero-order valence-corrected chi connectivity index (χ0v) is 20.9. The molecule has 0 saturated heterocycles. The maximum absolute atomic E-state index is 12.6. The third-order valence-corrected chi connectivity index (χ3v) is 5.23. The van der Waals surface area contributed by atoms with E-state index in [1.165, 1.54) is 12.3 Å². The number of rotatable bonds is 7. The van der Waals surface area contributed by atoms with E-state index in [2.05, 4.69) is 26.1 Å². The number of pyridine rings is 1. The van der Waals surface area contributed by atoms with Crippen molar-refractivity contribution in [3.05, 3.63) is 89.9 Å². The SMILES string of the molecule is CC(C)(C)c1cc(NC(=O)Nc2ccc(C(=O)Nc3ccc(Oc4ccnc(C(N)=O)c4)cc3)cc2)no1. The summed E-state index contributed by atoms with van der Waals surface area (Å²) < 4.78 is 11.0. The molecular weight excluding hydrogens is 488 g/mol. The van der Waals surface area contributed by atoms with Crippen LogP contribution in [0.4, 0.5) is 22.0 Å². The highest BCUT2D eigenvalue weighted by Gasteiger charge is 2.20. The Morgan fingerprint density at radius 2 is 1.50 bits per heavy atom. The first-order valence-corrected chi connectivity index (χ1v) is 11.6. The first kappa shape index (κ1) is 25.9. The molecule has 0 atom stereocenters. The predicted octanol–water partition coefficient (Wildman–Crippen LogP) is 5.15. The summed E-state index contributed by atoms with van der Waals surface area (Å²) in [4.78, 5) is 40.0. The Labute approximate surface area is 218 Å². The Kier molecular flexibility index (Phi) is 7.38. The van der Waals surface area contributed by atoms with Crippen LogP contribution in [0.3, 0.4) is 0 Å². The van der Waals surface area contributed by atoms with Gasteiger partial charge in [-0.25, -0.2) is 4.79 Å². The monoisotopic (exact) mass is 514 g/mol. The normalized spacial score (nSPS) is 10.9. The molecule has 11 nitrogen and oxygen atoms in total. The van der Waals surface area contributed by atoms with Crippen molar-refractivity contribution in [1.82, 2.24) is 10.1 Å². The van der Waals surface area contributed by atoms with Crippen molar-refractivity contribution in [2.75, 3.05) is 16.0 Å². The van der Waals surface area contributed by atoms with Crippen LogP contribution < -0.4 is 26.4 Å². The molecule has 38 heavy (non-hydrogen) atoms. The summed E-state index contributed by atoms with van der Waals surface area (Å²) >= 11 is 0. The van der Waals surface area contributed by atoms with Crippen LogP contribution in [-0.2, 0) is 5.41 Å². The quantitative estimate of drug-likeness (QED) is 0.265. The fraction of sp³-hybridized carbons (Fsp3) is 0.148. The van der Waals surface area contributed by atoms with Crippen LogP contribution in [0.25, 0.3) is 0 Å². The van der Waals surface area contributed by atoms with Crippen molar-refractivity contribution in [3.63, 3.8) is 0 Å². The maximum atomic E-state index is 12.6. The molecular formula is C27H26N6O5. The predicted molar refractivity (Wildman–Crippen MR) is 142 cm³/mol. The number of hydrogen-bond acceptors (Lipinski definition) is 7. The Balaban J connectivity index is 1.30. The van der Waals surface area contributed by atoms with Crippen molar-refractivity contribution in [1.29, 1.82) is 0 Å². The van der Waals surface area contributed by atoms with Crippen LogP contribution in [0.5, 0.6) is 11.5 Å². The fourth-order valence-electron chi connectivity index (χ4n) is 3.23. The molecule has 0 spiro atoms. The van der Waals surface area contributed by atoms with E-state index in [0.717, 1.165) is 0 Å². The molecule has 2 heterocycles. The van der Waals surface area contributed by atoms with Gasteiger partial charge in [-0.1, -0.05) is 25.9 Å². The van der Waals surface area contributed by atoms with Crippen molar-refractivity contribution >= 4 is 35.0 Å². The van der Waals surface area contributed by atoms with Gasteiger partial charge in [-0.2, -0.15) is 0 Å². The molecule has 4 rings (SSSR count). The summed E-state index contributed by atoms with van der Waals surface area (Å²) in [7, 11) is 0. The number of amides is 4. The number of ether oxygens (including phenoxy) is 1. The molecule has 0 unspecified atom stereocenters. The number of nitrogens with one attached hydrogen (secondary N) is 3. The van der Waals surface area contributed by atoms with Gasteiger partial charge in [0.15, 0.2) is 5.82 Å². The van der Waals surface area contributed by atoms with Gasteiger partial charge in [0.25, 0.3) is 11.8 Å². The molecule has 0 saturated carbocycles. The first-order valence-electron chi connectivity index (χ1n) is 11.6. The minimum absolute atomic E-state index is 0.0953. The minimum Gasteiger partial charge on any atom is -0.457 e. The number of primary amides is 1. The molecule has 0 bridgehead atoms. The van der Waals surface area contributed by atoms with Crippen LogP contribution in [0.2, 0.25) is 0 Å². The highest BCUT2D eigenvalue weighted by molar-refractivity contribution is 6.05. The van der Waals surface area contributed by atoms with Gasteiger partial charge >= 0.3 is 6.03 Å². The van der Waals surface area contributed by atoms with Crippen LogP contribution in [0, 0.1) is 0 Å². The molecule has 4 amide bonds. The van der Waals surface area contributed by atoms with E-state index in [-0.39, 0.29) is 17.0 Å². The third-order valence-electron chi connectivity index (χ3n) is 5.23. The molecule has 194 valence electrons. The third kappa shape index (κ3) is 6.72. The van der Waals surface area contributed by atoms with Gasteiger partial charge in [0, 0.05) is 40.7 Å². The van der Waals surface area contributed by atoms with Gasteiger partial charge in [0.2, 0.25) is 0 Å². The smallest absolute Gasteiger partial charge is 0.324 e. The second-order valence-corrected chi connectivity index (χ2v) is 9.30. The summed E-state index contributed by atoms with van der Waals surface area (Å²) in [6, 6.07) is 17.3. The summed E-state index contributed by atoms with van der Waals surface area (Å²) in [5, 5.41) is 11.9. The summed E-state index contributed by atoms with van der Waals surface area (Å²) in [6.07, 6.45) is 1.43. The summed E-state index contributed by atoms with van der Waals surface area (Å²) in [5.74, 6) is 0.880. The Bertz CT molecular complexity index is 1460. The van der Waals surface area contributed by atoms with Crippen LogP contribution in [-0.4, -0.2) is 28.0 Å².